The lowest BCUT2D eigenvalue weighted by molar-refractivity contribution is -0.147. The second-order valence-electron chi connectivity index (χ2n) is 5.12. The molecule has 1 aliphatic heterocycles. The van der Waals surface area contributed by atoms with Gasteiger partial charge >= 0.3 is 11.9 Å². The molecule has 2 heterocycles. The number of alkyl halides is 2. The molecule has 1 atom stereocenters. The second-order valence-corrected chi connectivity index (χ2v) is 6.21. The summed E-state index contributed by atoms with van der Waals surface area (Å²) < 4.78 is 31.3. The topological polar surface area (TPSA) is 63.7 Å². The highest BCUT2D eigenvalue weighted by Gasteiger charge is 2.52. The van der Waals surface area contributed by atoms with E-state index in [1.807, 2.05) is 0 Å². The first-order valence-corrected chi connectivity index (χ1v) is 7.61. The fraction of sp³-hybridized carbons (Fsp3) is 0.400. The Labute approximate surface area is 135 Å². The SMILES string of the molecule is COC(=O)c1sc(/C=C\CN2C(=O)C(F)(F)C[C@@H]2C=O)cc1C. The van der Waals surface area contributed by atoms with Gasteiger partial charge in [0.25, 0.3) is 5.91 Å². The molecule has 124 valence electrons. The van der Waals surface area contributed by atoms with Gasteiger partial charge in [-0.05, 0) is 24.6 Å². The molecule has 0 N–H and O–H groups in total. The van der Waals surface area contributed by atoms with Gasteiger partial charge in [-0.25, -0.2) is 4.79 Å². The number of ether oxygens (including phenoxy) is 1. The molecule has 0 unspecified atom stereocenters. The molecule has 0 radical (unpaired) electrons. The number of aryl methyl sites for hydroxylation is 1. The Bertz CT molecular complexity index is 668. The van der Waals surface area contributed by atoms with E-state index in [-0.39, 0.29) is 6.54 Å². The fourth-order valence-corrected chi connectivity index (χ4v) is 3.35. The standard InChI is InChI=1S/C15H15F2NO4S/c1-9-6-11(23-12(9)13(20)22-2)4-3-5-18-10(8-19)7-15(16,17)14(18)21/h3-4,6,8,10H,5,7H2,1-2H3/b4-3-/t10-/m1/s1. The molecule has 0 aliphatic carbocycles. The van der Waals surface area contributed by atoms with Gasteiger partial charge in [0, 0.05) is 17.8 Å². The van der Waals surface area contributed by atoms with Crippen molar-refractivity contribution < 1.29 is 27.9 Å². The van der Waals surface area contributed by atoms with Gasteiger partial charge in [-0.1, -0.05) is 6.08 Å². The van der Waals surface area contributed by atoms with E-state index in [0.717, 1.165) is 15.3 Å². The van der Waals surface area contributed by atoms with Gasteiger partial charge in [0.15, 0.2) is 0 Å². The highest BCUT2D eigenvalue weighted by molar-refractivity contribution is 7.15. The number of likely N-dealkylation sites (tertiary alicyclic amines) is 1. The average molecular weight is 343 g/mol. The minimum Gasteiger partial charge on any atom is -0.465 e. The maximum absolute atomic E-state index is 13.3. The smallest absolute Gasteiger partial charge is 0.348 e. The monoisotopic (exact) mass is 343 g/mol. The first-order chi connectivity index (χ1) is 10.8. The second kappa shape index (κ2) is 6.57. The maximum Gasteiger partial charge on any atom is 0.348 e. The normalized spacial score (nSPS) is 20.3. The number of amides is 1. The van der Waals surface area contributed by atoms with Crippen molar-refractivity contribution in [2.24, 2.45) is 0 Å². The van der Waals surface area contributed by atoms with Crippen molar-refractivity contribution in [1.82, 2.24) is 4.90 Å². The third-order valence-corrected chi connectivity index (χ3v) is 4.67. The van der Waals surface area contributed by atoms with Crippen molar-refractivity contribution in [3.8, 4) is 0 Å². The first-order valence-electron chi connectivity index (χ1n) is 6.79. The third-order valence-electron chi connectivity index (χ3n) is 3.49. The summed E-state index contributed by atoms with van der Waals surface area (Å²) in [6, 6.07) is 0.642. The molecule has 23 heavy (non-hydrogen) atoms. The maximum atomic E-state index is 13.3. The van der Waals surface area contributed by atoms with E-state index in [1.54, 1.807) is 19.1 Å². The van der Waals surface area contributed by atoms with E-state index in [9.17, 15) is 23.2 Å². The number of hydrogen-bond acceptors (Lipinski definition) is 5. The van der Waals surface area contributed by atoms with Gasteiger partial charge in [-0.15, -0.1) is 11.3 Å². The largest absolute Gasteiger partial charge is 0.465 e. The van der Waals surface area contributed by atoms with Crippen LogP contribution in [0.5, 0.6) is 0 Å². The summed E-state index contributed by atoms with van der Waals surface area (Å²) in [6.45, 7) is 1.66. The lowest BCUT2D eigenvalue weighted by Gasteiger charge is -2.17. The van der Waals surface area contributed by atoms with E-state index in [1.165, 1.54) is 24.5 Å². The van der Waals surface area contributed by atoms with Crippen molar-refractivity contribution in [3.63, 3.8) is 0 Å². The fourth-order valence-electron chi connectivity index (χ4n) is 2.33. The summed E-state index contributed by atoms with van der Waals surface area (Å²) in [5.41, 5.74) is 0.746. The highest BCUT2D eigenvalue weighted by Crippen LogP contribution is 2.32. The molecule has 1 aromatic heterocycles. The van der Waals surface area contributed by atoms with Crippen LogP contribution in [0, 0.1) is 6.92 Å². The predicted octanol–water partition coefficient (Wildman–Crippen LogP) is 2.29. The van der Waals surface area contributed by atoms with Gasteiger partial charge in [0.2, 0.25) is 0 Å². The molecule has 2 rings (SSSR count). The lowest BCUT2D eigenvalue weighted by atomic mass is 10.2. The number of aldehydes is 1. The Kier molecular flexibility index (Phi) is 4.93. The molecule has 1 aliphatic rings. The molecular formula is C15H15F2NO4S. The van der Waals surface area contributed by atoms with E-state index < -0.39 is 30.3 Å². The zero-order valence-corrected chi connectivity index (χ0v) is 13.4. The van der Waals surface area contributed by atoms with Gasteiger partial charge in [-0.2, -0.15) is 8.78 Å². The Morgan fingerprint density at radius 1 is 1.57 bits per heavy atom. The number of methoxy groups -OCH3 is 1. The highest BCUT2D eigenvalue weighted by atomic mass is 32.1. The summed E-state index contributed by atoms with van der Waals surface area (Å²) >= 11 is 1.20. The lowest BCUT2D eigenvalue weighted by Crippen LogP contribution is -2.37. The summed E-state index contributed by atoms with van der Waals surface area (Å²) in [5, 5.41) is 0. The van der Waals surface area contributed by atoms with Crippen LogP contribution in [0.2, 0.25) is 0 Å². The van der Waals surface area contributed by atoms with Crippen molar-refractivity contribution in [3.05, 3.63) is 27.5 Å². The third kappa shape index (κ3) is 3.47. The predicted molar refractivity (Wildman–Crippen MR) is 80.6 cm³/mol. The summed E-state index contributed by atoms with van der Waals surface area (Å²) in [7, 11) is 1.29. The van der Waals surface area contributed by atoms with Crippen molar-refractivity contribution >= 4 is 35.6 Å². The van der Waals surface area contributed by atoms with E-state index >= 15 is 0 Å². The molecular weight excluding hydrogens is 328 g/mol. The van der Waals surface area contributed by atoms with Crippen LogP contribution in [-0.2, 0) is 14.3 Å². The number of rotatable bonds is 5. The number of hydrogen-bond donors (Lipinski definition) is 0. The number of carbonyl (C=O) groups excluding carboxylic acids is 3. The van der Waals surface area contributed by atoms with Crippen LogP contribution >= 0.6 is 11.3 Å². The molecule has 0 spiro atoms. The van der Waals surface area contributed by atoms with Gasteiger partial charge in [-0.3, -0.25) is 4.79 Å². The van der Waals surface area contributed by atoms with Crippen LogP contribution in [0.15, 0.2) is 12.1 Å². The Morgan fingerprint density at radius 3 is 2.87 bits per heavy atom. The minimum atomic E-state index is -3.49. The van der Waals surface area contributed by atoms with Crippen LogP contribution in [0.1, 0.15) is 26.5 Å². The molecule has 1 saturated heterocycles. The van der Waals surface area contributed by atoms with E-state index in [4.69, 9.17) is 0 Å². The average Bonchev–Trinajstić information content (AvgIpc) is 2.98. The molecule has 5 nitrogen and oxygen atoms in total. The number of thiophene rings is 1. The Morgan fingerprint density at radius 2 is 2.26 bits per heavy atom. The number of carbonyl (C=O) groups is 3. The zero-order valence-electron chi connectivity index (χ0n) is 12.5. The molecule has 8 heteroatoms. The number of nitrogens with zero attached hydrogens (tertiary/aromatic N) is 1. The first kappa shape index (κ1) is 17.3. The van der Waals surface area contributed by atoms with Crippen LogP contribution in [0.3, 0.4) is 0 Å². The van der Waals surface area contributed by atoms with Crippen molar-refractivity contribution in [2.45, 2.75) is 25.3 Å². The molecule has 0 saturated carbocycles. The molecule has 1 amide bonds. The number of esters is 1. The zero-order chi connectivity index (χ0) is 17.2. The Balaban J connectivity index is 2.08. The van der Waals surface area contributed by atoms with Crippen LogP contribution in [-0.4, -0.2) is 48.7 Å². The van der Waals surface area contributed by atoms with Gasteiger partial charge in [0.05, 0.1) is 13.2 Å². The van der Waals surface area contributed by atoms with E-state index in [0.29, 0.717) is 11.2 Å². The molecule has 0 bridgehead atoms. The van der Waals surface area contributed by atoms with Gasteiger partial charge in [0.1, 0.15) is 11.2 Å². The molecule has 0 aromatic carbocycles. The molecule has 1 fully saturated rings. The summed E-state index contributed by atoms with van der Waals surface area (Å²) in [4.78, 5) is 35.9. The van der Waals surface area contributed by atoms with Crippen molar-refractivity contribution in [2.75, 3.05) is 13.7 Å². The van der Waals surface area contributed by atoms with Gasteiger partial charge < -0.3 is 14.4 Å². The summed E-state index contributed by atoms with van der Waals surface area (Å²) in [6.07, 6.45) is 2.71. The van der Waals surface area contributed by atoms with Crippen LogP contribution < -0.4 is 0 Å². The van der Waals surface area contributed by atoms with Crippen LogP contribution in [0.4, 0.5) is 8.78 Å². The van der Waals surface area contributed by atoms with Crippen LogP contribution in [0.25, 0.3) is 6.08 Å². The van der Waals surface area contributed by atoms with E-state index in [2.05, 4.69) is 4.74 Å². The minimum absolute atomic E-state index is 0.0949. The quantitative estimate of drug-likeness (QED) is 0.608. The number of halogens is 2. The Hall–Kier alpha value is -2.09. The van der Waals surface area contributed by atoms with Crippen molar-refractivity contribution in [1.29, 1.82) is 0 Å². The molecule has 1 aromatic rings. The summed E-state index contributed by atoms with van der Waals surface area (Å²) in [5.74, 6) is -5.27.